The molecule has 78 valence electrons. The number of benzene rings is 1. The standard InChI is InChI=1S/C7H8ClNO4S.Na/c8-9-14(12,13)6-3-1-5(2-4-6)7(10)11;/h1-4,9,12-13H,(H,10,11);/q;+1/p-1. The fourth-order valence-corrected chi connectivity index (χ4v) is 1.70. The maximum absolute atomic E-state index is 10.4. The molecule has 1 aromatic carbocycles. The smallest absolute Gasteiger partial charge is 0.545 e. The van der Waals surface area contributed by atoms with Crippen molar-refractivity contribution in [3.63, 3.8) is 0 Å². The molecule has 0 saturated carbocycles. The van der Waals surface area contributed by atoms with Gasteiger partial charge in [0, 0.05) is 0 Å². The Morgan fingerprint density at radius 3 is 2.13 bits per heavy atom. The van der Waals surface area contributed by atoms with E-state index in [9.17, 15) is 19.0 Å². The molecular weight excluding hydrogens is 253 g/mol. The van der Waals surface area contributed by atoms with Gasteiger partial charge >= 0.3 is 29.6 Å². The van der Waals surface area contributed by atoms with E-state index in [1.165, 1.54) is 24.3 Å². The summed E-state index contributed by atoms with van der Waals surface area (Å²) in [5, 5.41) is 10.4. The number of hydrogen-bond acceptors (Lipinski definition) is 5. The third-order valence-electron chi connectivity index (χ3n) is 1.53. The number of hydrogen-bond donors (Lipinski definition) is 3. The summed E-state index contributed by atoms with van der Waals surface area (Å²) in [6.07, 6.45) is 0. The predicted molar refractivity (Wildman–Crippen MR) is 50.9 cm³/mol. The summed E-state index contributed by atoms with van der Waals surface area (Å²) >= 11 is 5.09. The van der Waals surface area contributed by atoms with Crippen molar-refractivity contribution in [1.82, 2.24) is 4.24 Å². The van der Waals surface area contributed by atoms with Gasteiger partial charge in [-0.3, -0.25) is 9.11 Å². The minimum Gasteiger partial charge on any atom is -0.545 e. The molecule has 0 heterocycles. The van der Waals surface area contributed by atoms with Gasteiger partial charge < -0.3 is 9.90 Å². The normalized spacial score (nSPS) is 11.7. The molecular formula is C7H7ClNNaO4S. The molecule has 0 spiro atoms. The van der Waals surface area contributed by atoms with Gasteiger partial charge in [0.05, 0.1) is 10.9 Å². The van der Waals surface area contributed by atoms with E-state index in [2.05, 4.69) is 0 Å². The Kier molecular flexibility index (Phi) is 6.16. The molecule has 0 aliphatic heterocycles. The molecule has 0 radical (unpaired) electrons. The molecule has 0 amide bonds. The summed E-state index contributed by atoms with van der Waals surface area (Å²) < 4.78 is 20.3. The molecule has 0 saturated heterocycles. The van der Waals surface area contributed by atoms with Gasteiger partial charge in [0.25, 0.3) is 0 Å². The van der Waals surface area contributed by atoms with Crippen molar-refractivity contribution in [1.29, 1.82) is 0 Å². The van der Waals surface area contributed by atoms with Gasteiger partial charge in [-0.2, -0.15) is 0 Å². The number of carbonyl (C=O) groups is 1. The summed E-state index contributed by atoms with van der Waals surface area (Å²) in [6.45, 7) is 0. The number of rotatable bonds is 3. The van der Waals surface area contributed by atoms with Crippen LogP contribution in [0.25, 0.3) is 0 Å². The number of aromatic carboxylic acids is 1. The molecule has 0 bridgehead atoms. The summed E-state index contributed by atoms with van der Waals surface area (Å²) in [7, 11) is -3.24. The molecule has 1 aromatic rings. The van der Waals surface area contributed by atoms with Gasteiger partial charge in [0.1, 0.15) is 0 Å². The quantitative estimate of drug-likeness (QED) is 0.424. The Hall–Kier alpha value is 0.210. The van der Waals surface area contributed by atoms with Crippen molar-refractivity contribution in [2.45, 2.75) is 4.90 Å². The van der Waals surface area contributed by atoms with Crippen molar-refractivity contribution in [2.75, 3.05) is 0 Å². The van der Waals surface area contributed by atoms with Gasteiger partial charge in [-0.05, 0) is 29.5 Å². The van der Waals surface area contributed by atoms with Gasteiger partial charge in [-0.25, -0.2) is 0 Å². The van der Waals surface area contributed by atoms with E-state index in [-0.39, 0.29) is 40.0 Å². The molecule has 3 N–H and O–H groups in total. The SMILES string of the molecule is O=C([O-])c1ccc(S(O)(O)NCl)cc1.[Na+]. The summed E-state index contributed by atoms with van der Waals surface area (Å²) in [5.74, 6) is -1.33. The molecule has 0 aromatic heterocycles. The maximum Gasteiger partial charge on any atom is 1.00 e. The average molecular weight is 260 g/mol. The zero-order valence-corrected chi connectivity index (χ0v) is 11.4. The van der Waals surface area contributed by atoms with Crippen LogP contribution in [0.5, 0.6) is 0 Å². The molecule has 0 aliphatic carbocycles. The maximum atomic E-state index is 10.4. The van der Waals surface area contributed by atoms with Crippen LogP contribution in [0.1, 0.15) is 10.4 Å². The van der Waals surface area contributed by atoms with E-state index in [1.807, 2.05) is 4.24 Å². The number of halogens is 1. The summed E-state index contributed by atoms with van der Waals surface area (Å²) in [4.78, 5) is 10.5. The molecule has 15 heavy (non-hydrogen) atoms. The first-order chi connectivity index (χ1) is 6.47. The minimum absolute atomic E-state index is 0. The average Bonchev–Trinajstić information content (AvgIpc) is 2.18. The Bertz CT molecular complexity index is 345. The largest absolute Gasteiger partial charge is 1.00 e. The number of carboxylic acids is 1. The van der Waals surface area contributed by atoms with Gasteiger partial charge in [-0.1, -0.05) is 22.9 Å². The minimum atomic E-state index is -3.24. The van der Waals surface area contributed by atoms with Crippen LogP contribution in [0.3, 0.4) is 0 Å². The number of nitrogens with one attached hydrogen (secondary N) is 1. The van der Waals surface area contributed by atoms with Crippen molar-refractivity contribution in [2.24, 2.45) is 0 Å². The van der Waals surface area contributed by atoms with E-state index < -0.39 is 16.7 Å². The molecule has 0 aliphatic rings. The summed E-state index contributed by atoms with van der Waals surface area (Å²) in [6, 6.07) is 4.89. The van der Waals surface area contributed by atoms with Crippen LogP contribution in [0.2, 0.25) is 0 Å². The van der Waals surface area contributed by atoms with Crippen LogP contribution in [-0.4, -0.2) is 15.1 Å². The van der Waals surface area contributed by atoms with E-state index in [0.29, 0.717) is 0 Å². The molecule has 0 atom stereocenters. The first-order valence-corrected chi connectivity index (χ1v) is 5.37. The molecule has 8 heteroatoms. The Labute approximate surface area is 115 Å². The van der Waals surface area contributed by atoms with E-state index >= 15 is 0 Å². The second kappa shape index (κ2) is 6.07. The first kappa shape index (κ1) is 15.2. The monoisotopic (exact) mass is 259 g/mol. The number of carbonyl (C=O) groups excluding carboxylic acids is 1. The Balaban J connectivity index is 0.00000196. The zero-order chi connectivity index (χ0) is 10.8. The topological polar surface area (TPSA) is 92.6 Å². The fraction of sp³-hybridized carbons (Fsp3) is 0. The van der Waals surface area contributed by atoms with Crippen LogP contribution in [0.4, 0.5) is 0 Å². The van der Waals surface area contributed by atoms with E-state index in [0.717, 1.165) is 0 Å². The van der Waals surface area contributed by atoms with Crippen LogP contribution < -0.4 is 38.9 Å². The predicted octanol–water partition coefficient (Wildman–Crippen LogP) is -2.18. The molecule has 0 unspecified atom stereocenters. The van der Waals surface area contributed by atoms with E-state index in [1.54, 1.807) is 0 Å². The van der Waals surface area contributed by atoms with Crippen LogP contribution in [0, 0.1) is 0 Å². The summed E-state index contributed by atoms with van der Waals surface area (Å²) in [5.41, 5.74) is -0.0430. The molecule has 0 fully saturated rings. The first-order valence-electron chi connectivity index (χ1n) is 3.44. The van der Waals surface area contributed by atoms with Crippen LogP contribution in [0.15, 0.2) is 29.2 Å². The van der Waals surface area contributed by atoms with Crippen molar-refractivity contribution in [3.8, 4) is 0 Å². The second-order valence-electron chi connectivity index (χ2n) is 2.44. The van der Waals surface area contributed by atoms with Crippen LogP contribution >= 0.6 is 22.6 Å². The third-order valence-corrected chi connectivity index (χ3v) is 3.32. The van der Waals surface area contributed by atoms with Crippen molar-refractivity contribution in [3.05, 3.63) is 29.8 Å². The molecule has 1 rings (SSSR count). The Morgan fingerprint density at radius 2 is 1.80 bits per heavy atom. The van der Waals surface area contributed by atoms with Crippen molar-refractivity contribution >= 4 is 28.5 Å². The molecule has 5 nitrogen and oxygen atoms in total. The third kappa shape index (κ3) is 3.93. The number of carboxylic acid groups (broad SMARTS) is 1. The van der Waals surface area contributed by atoms with Gasteiger partial charge in [0.15, 0.2) is 0 Å². The van der Waals surface area contributed by atoms with Crippen molar-refractivity contribution < 1.29 is 48.6 Å². The fourth-order valence-electron chi connectivity index (χ4n) is 0.825. The Morgan fingerprint density at radius 1 is 1.33 bits per heavy atom. The zero-order valence-electron chi connectivity index (χ0n) is 7.81. The van der Waals surface area contributed by atoms with E-state index in [4.69, 9.17) is 11.8 Å². The van der Waals surface area contributed by atoms with Gasteiger partial charge in [-0.15, -0.1) is 4.24 Å². The van der Waals surface area contributed by atoms with Gasteiger partial charge in [0.2, 0.25) is 0 Å². The second-order valence-corrected chi connectivity index (χ2v) is 4.62. The van der Waals surface area contributed by atoms with Crippen LogP contribution in [-0.2, 0) is 0 Å².